The molecule has 0 spiro atoms. The smallest absolute Gasteiger partial charge is 0.131 e. The Hall–Kier alpha value is -0.840. The van der Waals surface area contributed by atoms with Gasteiger partial charge in [0.15, 0.2) is 0 Å². The van der Waals surface area contributed by atoms with E-state index < -0.39 is 0 Å². The predicted molar refractivity (Wildman–Crippen MR) is 70.8 cm³/mol. The Morgan fingerprint density at radius 3 is 2.47 bits per heavy atom. The third-order valence-corrected chi connectivity index (χ3v) is 3.17. The van der Waals surface area contributed by atoms with Gasteiger partial charge >= 0.3 is 0 Å². The van der Waals surface area contributed by atoms with Crippen LogP contribution < -0.4 is 0 Å². The van der Waals surface area contributed by atoms with Crippen molar-refractivity contribution in [3.05, 3.63) is 39.7 Å². The van der Waals surface area contributed by atoms with Gasteiger partial charge < -0.3 is 0 Å². The van der Waals surface area contributed by atoms with Crippen LogP contribution in [0.1, 0.15) is 25.5 Å². The van der Waals surface area contributed by atoms with Crippen LogP contribution in [0.25, 0.3) is 11.1 Å². The van der Waals surface area contributed by atoms with Crippen molar-refractivity contribution in [3.8, 4) is 11.1 Å². The van der Waals surface area contributed by atoms with E-state index in [0.717, 1.165) is 3.70 Å². The van der Waals surface area contributed by atoms with E-state index in [-0.39, 0.29) is 0 Å². The number of hydrogen-bond donors (Lipinski definition) is 1. The number of nitrogens with one attached hydrogen (secondary N) is 1. The molecule has 1 N–H and O–H groups in total. The second-order valence-electron chi connectivity index (χ2n) is 3.82. The van der Waals surface area contributed by atoms with E-state index in [9.17, 15) is 0 Å². The Morgan fingerprint density at radius 1 is 1.20 bits per heavy atom. The lowest BCUT2D eigenvalue weighted by molar-refractivity contribution is 0.811. The Kier molecular flexibility index (Phi) is 3.09. The van der Waals surface area contributed by atoms with Crippen molar-refractivity contribution < 1.29 is 0 Å². The van der Waals surface area contributed by atoms with Gasteiger partial charge in [-0.05, 0) is 34.1 Å². The van der Waals surface area contributed by atoms with Gasteiger partial charge in [-0.1, -0.05) is 44.2 Å². The molecule has 0 fully saturated rings. The van der Waals surface area contributed by atoms with E-state index in [1.165, 1.54) is 16.8 Å². The molecular formula is C12H13IN2. The monoisotopic (exact) mass is 312 g/mol. The first-order valence-corrected chi connectivity index (χ1v) is 6.07. The highest BCUT2D eigenvalue weighted by molar-refractivity contribution is 14.1. The number of hydrogen-bond acceptors (Lipinski definition) is 1. The molecule has 0 radical (unpaired) electrons. The summed E-state index contributed by atoms with van der Waals surface area (Å²) in [4.78, 5) is 0. The fourth-order valence-electron chi connectivity index (χ4n) is 1.63. The third-order valence-electron chi connectivity index (χ3n) is 2.39. The number of halogens is 1. The third kappa shape index (κ3) is 2.07. The molecule has 78 valence electrons. The topological polar surface area (TPSA) is 28.7 Å². The van der Waals surface area contributed by atoms with Crippen LogP contribution in [0.4, 0.5) is 0 Å². The van der Waals surface area contributed by atoms with Gasteiger partial charge in [0.2, 0.25) is 0 Å². The van der Waals surface area contributed by atoms with Crippen LogP contribution in [0.3, 0.4) is 0 Å². The Balaban J connectivity index is 2.57. The predicted octanol–water partition coefficient (Wildman–Crippen LogP) is 3.80. The molecule has 0 saturated carbocycles. The van der Waals surface area contributed by atoms with Crippen molar-refractivity contribution >= 4 is 22.6 Å². The number of benzene rings is 1. The van der Waals surface area contributed by atoms with Crippen LogP contribution in [-0.2, 0) is 0 Å². The van der Waals surface area contributed by atoms with Crippen LogP contribution >= 0.6 is 22.6 Å². The van der Waals surface area contributed by atoms with Gasteiger partial charge in [-0.2, -0.15) is 5.10 Å². The normalized spacial score (nSPS) is 10.9. The van der Waals surface area contributed by atoms with E-state index in [4.69, 9.17) is 0 Å². The van der Waals surface area contributed by atoms with Gasteiger partial charge in [0.1, 0.15) is 3.70 Å². The highest BCUT2D eigenvalue weighted by Crippen LogP contribution is 2.30. The second-order valence-corrected chi connectivity index (χ2v) is 4.85. The molecule has 1 aromatic carbocycles. The van der Waals surface area contributed by atoms with Gasteiger partial charge in [0, 0.05) is 11.3 Å². The molecule has 2 nitrogen and oxygen atoms in total. The summed E-state index contributed by atoms with van der Waals surface area (Å²) in [7, 11) is 0. The first kappa shape index (κ1) is 10.7. The fraction of sp³-hybridized carbons (Fsp3) is 0.250. The lowest BCUT2D eigenvalue weighted by Gasteiger charge is -2.06. The first-order valence-electron chi connectivity index (χ1n) is 4.99. The molecule has 0 aliphatic carbocycles. The standard InChI is InChI=1S/C12H13IN2/c1-8(2)11-10(12(13)15-14-11)9-6-4-3-5-7-9/h3-8H,1-2H3,(H,14,15). The van der Waals surface area contributed by atoms with Crippen LogP contribution in [0, 0.1) is 3.70 Å². The molecule has 0 aliphatic heterocycles. The van der Waals surface area contributed by atoms with Crippen molar-refractivity contribution in [1.82, 2.24) is 10.2 Å². The summed E-state index contributed by atoms with van der Waals surface area (Å²) < 4.78 is 1.04. The van der Waals surface area contributed by atoms with E-state index >= 15 is 0 Å². The van der Waals surface area contributed by atoms with Crippen LogP contribution in [0.15, 0.2) is 30.3 Å². The summed E-state index contributed by atoms with van der Waals surface area (Å²) in [6.45, 7) is 4.35. The average molecular weight is 312 g/mol. The summed E-state index contributed by atoms with van der Waals surface area (Å²) in [6, 6.07) is 10.4. The lowest BCUT2D eigenvalue weighted by atomic mass is 10.0. The Morgan fingerprint density at radius 2 is 1.87 bits per heavy atom. The second kappa shape index (κ2) is 4.35. The molecule has 0 saturated heterocycles. The van der Waals surface area contributed by atoms with Gasteiger partial charge in [0.25, 0.3) is 0 Å². The maximum atomic E-state index is 4.28. The quantitative estimate of drug-likeness (QED) is 0.840. The molecule has 0 amide bonds. The van der Waals surface area contributed by atoms with E-state index in [0.29, 0.717) is 5.92 Å². The fourth-order valence-corrected chi connectivity index (χ4v) is 2.35. The van der Waals surface area contributed by atoms with Crippen molar-refractivity contribution in [3.63, 3.8) is 0 Å². The zero-order chi connectivity index (χ0) is 10.8. The van der Waals surface area contributed by atoms with Crippen molar-refractivity contribution in [1.29, 1.82) is 0 Å². The maximum Gasteiger partial charge on any atom is 0.131 e. The highest BCUT2D eigenvalue weighted by Gasteiger charge is 2.14. The zero-order valence-corrected chi connectivity index (χ0v) is 10.9. The van der Waals surface area contributed by atoms with Gasteiger partial charge in [0.05, 0.1) is 0 Å². The number of nitrogens with zero attached hydrogens (tertiary/aromatic N) is 1. The largest absolute Gasteiger partial charge is 0.281 e. The van der Waals surface area contributed by atoms with E-state index in [1.54, 1.807) is 0 Å². The van der Waals surface area contributed by atoms with E-state index in [1.807, 2.05) is 6.07 Å². The summed E-state index contributed by atoms with van der Waals surface area (Å²) >= 11 is 2.28. The molecule has 15 heavy (non-hydrogen) atoms. The maximum absolute atomic E-state index is 4.28. The summed E-state index contributed by atoms with van der Waals surface area (Å²) in [5, 5.41) is 7.39. The van der Waals surface area contributed by atoms with Crippen molar-refractivity contribution in [2.24, 2.45) is 0 Å². The number of aromatic amines is 1. The Labute approximate surface area is 103 Å². The van der Waals surface area contributed by atoms with Gasteiger partial charge in [-0.15, -0.1) is 0 Å². The van der Waals surface area contributed by atoms with E-state index in [2.05, 4.69) is 70.9 Å². The number of rotatable bonds is 2. The summed E-state index contributed by atoms with van der Waals surface area (Å²) in [6.07, 6.45) is 0. The molecule has 0 unspecified atom stereocenters. The first-order chi connectivity index (χ1) is 7.20. The molecule has 1 aromatic heterocycles. The van der Waals surface area contributed by atoms with Crippen LogP contribution in [-0.4, -0.2) is 10.2 Å². The van der Waals surface area contributed by atoms with Crippen LogP contribution in [0.2, 0.25) is 0 Å². The molecule has 0 aliphatic rings. The summed E-state index contributed by atoms with van der Waals surface area (Å²) in [5.41, 5.74) is 3.69. The molecule has 1 heterocycles. The Bertz CT molecular complexity index is 446. The minimum Gasteiger partial charge on any atom is -0.281 e. The molecule has 3 heteroatoms. The molecule has 2 rings (SSSR count). The van der Waals surface area contributed by atoms with Crippen molar-refractivity contribution in [2.45, 2.75) is 19.8 Å². The average Bonchev–Trinajstić information content (AvgIpc) is 2.61. The zero-order valence-electron chi connectivity index (χ0n) is 8.79. The lowest BCUT2D eigenvalue weighted by Crippen LogP contribution is -1.91. The SMILES string of the molecule is CC(C)c1[nH]nc(I)c1-c1ccccc1. The molecule has 2 aromatic rings. The number of aromatic nitrogens is 2. The van der Waals surface area contributed by atoms with Crippen molar-refractivity contribution in [2.75, 3.05) is 0 Å². The molecular weight excluding hydrogens is 299 g/mol. The minimum atomic E-state index is 0.469. The minimum absolute atomic E-state index is 0.469. The van der Waals surface area contributed by atoms with Crippen LogP contribution in [0.5, 0.6) is 0 Å². The van der Waals surface area contributed by atoms with Gasteiger partial charge in [-0.25, -0.2) is 0 Å². The molecule has 0 atom stereocenters. The highest BCUT2D eigenvalue weighted by atomic mass is 127. The number of H-pyrrole nitrogens is 1. The summed E-state index contributed by atoms with van der Waals surface area (Å²) in [5.74, 6) is 0.469. The molecule has 0 bridgehead atoms. The van der Waals surface area contributed by atoms with Gasteiger partial charge in [-0.3, -0.25) is 5.10 Å².